The molecule has 0 amide bonds. The fourth-order valence-electron chi connectivity index (χ4n) is 1.69. The van der Waals surface area contributed by atoms with Crippen molar-refractivity contribution in [3.8, 4) is 0 Å². The summed E-state index contributed by atoms with van der Waals surface area (Å²) in [5.41, 5.74) is -1.03. The predicted octanol–water partition coefficient (Wildman–Crippen LogP) is 2.69. The number of carbonyl (C=O) groups is 1. The molecule has 0 radical (unpaired) electrons. The first-order valence-electron chi connectivity index (χ1n) is 5.36. The van der Waals surface area contributed by atoms with Crippen LogP contribution >= 0.6 is 0 Å². The molecule has 0 fully saturated rings. The lowest BCUT2D eigenvalue weighted by atomic mass is 9.86. The molecule has 0 saturated heterocycles. The number of ketones is 1. The molecule has 0 aromatic rings. The summed E-state index contributed by atoms with van der Waals surface area (Å²) in [6, 6.07) is 0. The van der Waals surface area contributed by atoms with Crippen LogP contribution in [0.3, 0.4) is 0 Å². The molecule has 0 saturated carbocycles. The van der Waals surface area contributed by atoms with Gasteiger partial charge in [0.2, 0.25) is 0 Å². The van der Waals surface area contributed by atoms with Gasteiger partial charge in [0.1, 0.15) is 5.60 Å². The Labute approximate surface area is 81.3 Å². The Morgan fingerprint density at radius 1 is 1.08 bits per heavy atom. The molecule has 0 heterocycles. The van der Waals surface area contributed by atoms with E-state index in [2.05, 4.69) is 0 Å². The summed E-state index contributed by atoms with van der Waals surface area (Å²) < 4.78 is 0. The first-order chi connectivity index (χ1) is 6.10. The van der Waals surface area contributed by atoms with E-state index in [1.54, 1.807) is 0 Å². The molecule has 0 aliphatic heterocycles. The Kier molecular flexibility index (Phi) is 5.97. The van der Waals surface area contributed by atoms with Gasteiger partial charge >= 0.3 is 0 Å². The SMILES string of the molecule is CCCC(=O)C(O)(CCC)CCC. The average molecular weight is 186 g/mol. The highest BCUT2D eigenvalue weighted by molar-refractivity contribution is 5.86. The zero-order valence-corrected chi connectivity index (χ0v) is 9.10. The van der Waals surface area contributed by atoms with Gasteiger partial charge in [0.15, 0.2) is 5.78 Å². The highest BCUT2D eigenvalue weighted by Crippen LogP contribution is 2.22. The molecule has 1 N–H and O–H groups in total. The fraction of sp³-hybridized carbons (Fsp3) is 0.909. The van der Waals surface area contributed by atoms with Gasteiger partial charge in [-0.05, 0) is 19.3 Å². The first kappa shape index (κ1) is 12.6. The Hall–Kier alpha value is -0.370. The standard InChI is InChI=1S/C11H22O2/c1-4-7-10(12)11(13,8-5-2)9-6-3/h13H,4-9H2,1-3H3. The number of aliphatic hydroxyl groups is 1. The van der Waals surface area contributed by atoms with Crippen molar-refractivity contribution >= 4 is 5.78 Å². The Morgan fingerprint density at radius 2 is 1.54 bits per heavy atom. The molecule has 0 rings (SSSR count). The summed E-state index contributed by atoms with van der Waals surface area (Å²) in [7, 11) is 0. The number of Topliss-reactive ketones (excluding diaryl/α,β-unsaturated/α-hetero) is 1. The van der Waals surface area contributed by atoms with Crippen LogP contribution in [0.4, 0.5) is 0 Å². The van der Waals surface area contributed by atoms with Crippen molar-refractivity contribution in [3.63, 3.8) is 0 Å². The van der Waals surface area contributed by atoms with Crippen molar-refractivity contribution in [1.29, 1.82) is 0 Å². The minimum Gasteiger partial charge on any atom is -0.382 e. The molecule has 78 valence electrons. The van der Waals surface area contributed by atoms with Crippen LogP contribution in [0.1, 0.15) is 59.3 Å². The normalized spacial score (nSPS) is 11.7. The van der Waals surface area contributed by atoms with Crippen molar-refractivity contribution in [1.82, 2.24) is 0 Å². The van der Waals surface area contributed by atoms with Gasteiger partial charge in [0.05, 0.1) is 0 Å². The number of rotatable bonds is 7. The summed E-state index contributed by atoms with van der Waals surface area (Å²) in [6.45, 7) is 5.97. The van der Waals surface area contributed by atoms with Gasteiger partial charge in [-0.1, -0.05) is 33.6 Å². The molecule has 0 bridgehead atoms. The lowest BCUT2D eigenvalue weighted by Gasteiger charge is -2.25. The topological polar surface area (TPSA) is 37.3 Å². The summed E-state index contributed by atoms with van der Waals surface area (Å²) >= 11 is 0. The van der Waals surface area contributed by atoms with Crippen LogP contribution in [0.25, 0.3) is 0 Å². The van der Waals surface area contributed by atoms with E-state index in [1.165, 1.54) is 0 Å². The van der Waals surface area contributed by atoms with E-state index >= 15 is 0 Å². The third-order valence-electron chi connectivity index (χ3n) is 2.32. The molecular weight excluding hydrogens is 164 g/mol. The number of carbonyl (C=O) groups excluding carboxylic acids is 1. The summed E-state index contributed by atoms with van der Waals surface area (Å²) in [5, 5.41) is 10.1. The highest BCUT2D eigenvalue weighted by Gasteiger charge is 2.32. The van der Waals surface area contributed by atoms with E-state index in [4.69, 9.17) is 0 Å². The lowest BCUT2D eigenvalue weighted by Crippen LogP contribution is -2.38. The molecule has 0 aromatic heterocycles. The van der Waals surface area contributed by atoms with E-state index in [9.17, 15) is 9.90 Å². The molecule has 0 spiro atoms. The lowest BCUT2D eigenvalue weighted by molar-refractivity contribution is -0.139. The second kappa shape index (κ2) is 6.14. The number of hydrogen-bond acceptors (Lipinski definition) is 2. The smallest absolute Gasteiger partial charge is 0.164 e. The van der Waals surface area contributed by atoms with Gasteiger partial charge in [-0.25, -0.2) is 0 Å². The quantitative estimate of drug-likeness (QED) is 0.663. The van der Waals surface area contributed by atoms with E-state index in [-0.39, 0.29) is 5.78 Å². The van der Waals surface area contributed by atoms with E-state index < -0.39 is 5.60 Å². The van der Waals surface area contributed by atoms with Gasteiger partial charge in [0, 0.05) is 6.42 Å². The molecule has 0 aliphatic carbocycles. The van der Waals surface area contributed by atoms with Crippen LogP contribution in [-0.4, -0.2) is 16.5 Å². The van der Waals surface area contributed by atoms with Crippen molar-refractivity contribution < 1.29 is 9.90 Å². The summed E-state index contributed by atoms with van der Waals surface area (Å²) in [6.07, 6.45) is 4.29. The van der Waals surface area contributed by atoms with E-state index in [0.717, 1.165) is 19.3 Å². The van der Waals surface area contributed by atoms with Crippen LogP contribution in [0, 0.1) is 0 Å². The third kappa shape index (κ3) is 3.90. The number of hydrogen-bond donors (Lipinski definition) is 1. The van der Waals surface area contributed by atoms with Gasteiger partial charge < -0.3 is 5.11 Å². The summed E-state index contributed by atoms with van der Waals surface area (Å²) in [5.74, 6) is 0.0266. The van der Waals surface area contributed by atoms with Crippen molar-refractivity contribution in [2.24, 2.45) is 0 Å². The minimum atomic E-state index is -1.03. The van der Waals surface area contributed by atoms with Gasteiger partial charge in [-0.15, -0.1) is 0 Å². The average Bonchev–Trinajstić information content (AvgIpc) is 2.05. The first-order valence-corrected chi connectivity index (χ1v) is 5.36. The third-order valence-corrected chi connectivity index (χ3v) is 2.32. The predicted molar refractivity (Wildman–Crippen MR) is 54.7 cm³/mol. The van der Waals surface area contributed by atoms with E-state index in [0.29, 0.717) is 19.3 Å². The van der Waals surface area contributed by atoms with Gasteiger partial charge in [0.25, 0.3) is 0 Å². The van der Waals surface area contributed by atoms with Crippen LogP contribution in [0.2, 0.25) is 0 Å². The largest absolute Gasteiger partial charge is 0.382 e. The Balaban J connectivity index is 4.27. The summed E-state index contributed by atoms with van der Waals surface area (Å²) in [4.78, 5) is 11.6. The molecule has 2 heteroatoms. The highest BCUT2D eigenvalue weighted by atomic mass is 16.3. The second-order valence-electron chi connectivity index (χ2n) is 3.70. The maximum Gasteiger partial charge on any atom is 0.164 e. The zero-order chi connectivity index (χ0) is 10.3. The molecule has 2 nitrogen and oxygen atoms in total. The van der Waals surface area contributed by atoms with Crippen LogP contribution < -0.4 is 0 Å². The zero-order valence-electron chi connectivity index (χ0n) is 9.10. The Morgan fingerprint density at radius 3 is 1.85 bits per heavy atom. The molecule has 0 aliphatic rings. The molecule has 0 aromatic carbocycles. The van der Waals surface area contributed by atoms with Gasteiger partial charge in [-0.2, -0.15) is 0 Å². The fourth-order valence-corrected chi connectivity index (χ4v) is 1.69. The van der Waals surface area contributed by atoms with E-state index in [1.807, 2.05) is 20.8 Å². The maximum atomic E-state index is 11.6. The van der Waals surface area contributed by atoms with Crippen LogP contribution in [0.5, 0.6) is 0 Å². The maximum absolute atomic E-state index is 11.6. The molecule has 0 unspecified atom stereocenters. The molecule has 13 heavy (non-hydrogen) atoms. The minimum absolute atomic E-state index is 0.0266. The van der Waals surface area contributed by atoms with Crippen molar-refractivity contribution in [3.05, 3.63) is 0 Å². The monoisotopic (exact) mass is 186 g/mol. The molecular formula is C11H22O2. The molecule has 0 atom stereocenters. The van der Waals surface area contributed by atoms with Crippen molar-refractivity contribution in [2.75, 3.05) is 0 Å². The van der Waals surface area contributed by atoms with Crippen molar-refractivity contribution in [2.45, 2.75) is 64.9 Å². The van der Waals surface area contributed by atoms with Crippen LogP contribution in [-0.2, 0) is 4.79 Å². The Bertz CT molecular complexity index is 146. The second-order valence-corrected chi connectivity index (χ2v) is 3.70. The van der Waals surface area contributed by atoms with Gasteiger partial charge in [-0.3, -0.25) is 4.79 Å². The van der Waals surface area contributed by atoms with Crippen LogP contribution in [0.15, 0.2) is 0 Å².